The number of amides is 1. The molecule has 1 amide bonds. The van der Waals surface area contributed by atoms with Gasteiger partial charge in [-0.05, 0) is 67.0 Å². The van der Waals surface area contributed by atoms with Crippen molar-refractivity contribution in [2.24, 2.45) is 11.8 Å². The Balaban J connectivity index is 0.00000289. The van der Waals surface area contributed by atoms with Crippen LogP contribution in [0.4, 0.5) is 8.78 Å². The van der Waals surface area contributed by atoms with Crippen molar-refractivity contribution in [2.45, 2.75) is 44.8 Å². The summed E-state index contributed by atoms with van der Waals surface area (Å²) < 4.78 is 26.5. The lowest BCUT2D eigenvalue weighted by Crippen LogP contribution is -2.55. The van der Waals surface area contributed by atoms with Crippen LogP contribution in [-0.4, -0.2) is 41.5 Å². The lowest BCUT2D eigenvalue weighted by atomic mass is 9.79. The van der Waals surface area contributed by atoms with Gasteiger partial charge in [0.15, 0.2) is 0 Å². The second kappa shape index (κ2) is 11.7. The number of pyridine rings is 1. The van der Waals surface area contributed by atoms with E-state index in [1.165, 1.54) is 24.1 Å². The number of halogens is 3. The van der Waals surface area contributed by atoms with Crippen molar-refractivity contribution in [3.8, 4) is 0 Å². The zero-order valence-corrected chi connectivity index (χ0v) is 18.9. The van der Waals surface area contributed by atoms with Crippen LogP contribution in [0.25, 0.3) is 0 Å². The molecule has 32 heavy (non-hydrogen) atoms. The van der Waals surface area contributed by atoms with E-state index >= 15 is 0 Å². The highest BCUT2D eigenvalue weighted by molar-refractivity contribution is 5.85. The first-order valence-corrected chi connectivity index (χ1v) is 11.1. The molecule has 0 spiro atoms. The third-order valence-corrected chi connectivity index (χ3v) is 6.34. The molecule has 5 nitrogen and oxygen atoms in total. The number of fused-ring (bicyclic) bond motifs is 2. The van der Waals surface area contributed by atoms with Gasteiger partial charge in [-0.25, -0.2) is 8.78 Å². The fourth-order valence-corrected chi connectivity index (χ4v) is 4.97. The van der Waals surface area contributed by atoms with E-state index in [0.29, 0.717) is 29.9 Å². The van der Waals surface area contributed by atoms with Crippen molar-refractivity contribution >= 4 is 18.3 Å². The van der Waals surface area contributed by atoms with Crippen LogP contribution in [0.1, 0.15) is 36.8 Å². The average Bonchev–Trinajstić information content (AvgIpc) is 2.74. The molecule has 1 aromatic carbocycles. The predicted molar refractivity (Wildman–Crippen MR) is 122 cm³/mol. The first-order chi connectivity index (χ1) is 15.0. The summed E-state index contributed by atoms with van der Waals surface area (Å²) in [5, 5.41) is 6.46. The van der Waals surface area contributed by atoms with Gasteiger partial charge in [-0.3, -0.25) is 14.7 Å². The highest BCUT2D eigenvalue weighted by atomic mass is 35.5. The van der Waals surface area contributed by atoms with E-state index in [2.05, 4.69) is 26.6 Å². The Hall–Kier alpha value is -2.09. The van der Waals surface area contributed by atoms with E-state index in [1.807, 2.05) is 12.3 Å². The average molecular weight is 465 g/mol. The molecule has 0 saturated carbocycles. The van der Waals surface area contributed by atoms with Gasteiger partial charge in [0.2, 0.25) is 5.91 Å². The molecule has 3 heterocycles. The normalized spacial score (nSPS) is 22.8. The Bertz CT molecular complexity index is 865. The number of hydrogen-bond donors (Lipinski definition) is 2. The van der Waals surface area contributed by atoms with Crippen molar-refractivity contribution in [3.63, 3.8) is 0 Å². The van der Waals surface area contributed by atoms with Crippen LogP contribution in [0.15, 0.2) is 42.7 Å². The van der Waals surface area contributed by atoms with Gasteiger partial charge in [0.05, 0.1) is 0 Å². The molecule has 0 aliphatic carbocycles. The fourth-order valence-electron chi connectivity index (χ4n) is 4.97. The van der Waals surface area contributed by atoms with Gasteiger partial charge < -0.3 is 10.6 Å². The molecule has 8 heteroatoms. The number of nitrogens with zero attached hydrogens (tertiary/aromatic N) is 2. The molecule has 2 bridgehead atoms. The molecule has 2 aliphatic rings. The summed E-state index contributed by atoms with van der Waals surface area (Å²) in [5.74, 6) is -0.0590. The van der Waals surface area contributed by atoms with E-state index in [1.54, 1.807) is 6.20 Å². The van der Waals surface area contributed by atoms with Gasteiger partial charge in [0.1, 0.15) is 11.6 Å². The van der Waals surface area contributed by atoms with Gasteiger partial charge >= 0.3 is 0 Å². The van der Waals surface area contributed by atoms with Crippen LogP contribution >= 0.6 is 12.4 Å². The Morgan fingerprint density at radius 1 is 1.19 bits per heavy atom. The Morgan fingerprint density at radius 2 is 2.00 bits per heavy atom. The van der Waals surface area contributed by atoms with Gasteiger partial charge in [-0.15, -0.1) is 12.4 Å². The van der Waals surface area contributed by atoms with Crippen molar-refractivity contribution in [1.82, 2.24) is 20.5 Å². The molecular weight excluding hydrogens is 434 g/mol. The molecular formula is C24H31ClF2N4O. The number of nitrogens with one attached hydrogen (secondary N) is 2. The lowest BCUT2D eigenvalue weighted by Gasteiger charge is -2.46. The minimum Gasteiger partial charge on any atom is -0.352 e. The van der Waals surface area contributed by atoms with E-state index in [0.717, 1.165) is 45.1 Å². The van der Waals surface area contributed by atoms with Gasteiger partial charge in [-0.2, -0.15) is 0 Å². The molecule has 4 rings (SSSR count). The predicted octanol–water partition coefficient (Wildman–Crippen LogP) is 3.68. The Kier molecular flexibility index (Phi) is 8.96. The monoisotopic (exact) mass is 464 g/mol. The van der Waals surface area contributed by atoms with Crippen molar-refractivity contribution in [3.05, 3.63) is 65.5 Å². The van der Waals surface area contributed by atoms with E-state index in [4.69, 9.17) is 0 Å². The highest BCUT2D eigenvalue weighted by Crippen LogP contribution is 2.31. The molecule has 0 radical (unpaired) electrons. The van der Waals surface area contributed by atoms with Crippen LogP contribution in [0.2, 0.25) is 0 Å². The topological polar surface area (TPSA) is 57.3 Å². The molecule has 2 N–H and O–H groups in total. The largest absolute Gasteiger partial charge is 0.352 e. The zero-order chi connectivity index (χ0) is 21.6. The molecule has 2 saturated heterocycles. The summed E-state index contributed by atoms with van der Waals surface area (Å²) in [6, 6.07) is 7.86. The quantitative estimate of drug-likeness (QED) is 0.625. The summed E-state index contributed by atoms with van der Waals surface area (Å²) in [6.07, 6.45) is 7.17. The maximum absolute atomic E-state index is 13.2. The maximum atomic E-state index is 13.2. The van der Waals surface area contributed by atoms with Crippen LogP contribution < -0.4 is 10.6 Å². The number of carbonyl (C=O) groups excluding carboxylic acids is 1. The standard InChI is InChI=1S/C24H30F2N4O.ClH/c25-21-8-18(9-22(26)10-21)12-29-24(31)5-1-4-23-20-7-19(13-28-23)15-30(16-20)14-17-3-2-6-27-11-17;/h2-3,6,8-11,19-20,23,28H,1,4-5,7,12-16H2,(H,29,31);1H/t19-,20+,23+;/m0./s1. The first-order valence-electron chi connectivity index (χ1n) is 11.1. The third kappa shape index (κ3) is 6.95. The van der Waals surface area contributed by atoms with Gasteiger partial charge in [-0.1, -0.05) is 6.07 Å². The number of likely N-dealkylation sites (tertiary alicyclic amines) is 1. The number of hydrogen-bond acceptors (Lipinski definition) is 4. The number of aromatic nitrogens is 1. The number of piperidine rings is 2. The minimum absolute atomic E-state index is 0. The zero-order valence-electron chi connectivity index (χ0n) is 18.1. The second-order valence-electron chi connectivity index (χ2n) is 8.88. The Morgan fingerprint density at radius 3 is 2.75 bits per heavy atom. The molecule has 174 valence electrons. The number of carbonyl (C=O) groups is 1. The van der Waals surface area contributed by atoms with E-state index < -0.39 is 11.6 Å². The highest BCUT2D eigenvalue weighted by Gasteiger charge is 2.36. The van der Waals surface area contributed by atoms with Gasteiger partial charge in [0, 0.05) is 57.1 Å². The first kappa shape index (κ1) is 24.6. The van der Waals surface area contributed by atoms with Crippen LogP contribution in [0, 0.1) is 23.5 Å². The summed E-state index contributed by atoms with van der Waals surface area (Å²) in [7, 11) is 0. The molecule has 3 atom stereocenters. The van der Waals surface area contributed by atoms with Crippen molar-refractivity contribution < 1.29 is 13.6 Å². The Labute approximate surface area is 194 Å². The second-order valence-corrected chi connectivity index (χ2v) is 8.88. The van der Waals surface area contributed by atoms with Crippen LogP contribution in [-0.2, 0) is 17.9 Å². The number of benzene rings is 1. The van der Waals surface area contributed by atoms with Crippen molar-refractivity contribution in [1.29, 1.82) is 0 Å². The third-order valence-electron chi connectivity index (χ3n) is 6.34. The van der Waals surface area contributed by atoms with Crippen LogP contribution in [0.5, 0.6) is 0 Å². The summed E-state index contributed by atoms with van der Waals surface area (Å²) in [6.45, 7) is 4.30. The summed E-state index contributed by atoms with van der Waals surface area (Å²) >= 11 is 0. The molecule has 2 fully saturated rings. The van der Waals surface area contributed by atoms with E-state index in [-0.39, 0.29) is 24.9 Å². The maximum Gasteiger partial charge on any atom is 0.220 e. The lowest BCUT2D eigenvalue weighted by molar-refractivity contribution is -0.121. The smallest absolute Gasteiger partial charge is 0.220 e. The van der Waals surface area contributed by atoms with Gasteiger partial charge in [0.25, 0.3) is 0 Å². The molecule has 2 aromatic rings. The summed E-state index contributed by atoms with van der Waals surface area (Å²) in [4.78, 5) is 18.9. The fraction of sp³-hybridized carbons (Fsp3) is 0.500. The molecule has 0 unspecified atom stereocenters. The van der Waals surface area contributed by atoms with E-state index in [9.17, 15) is 13.6 Å². The van der Waals surface area contributed by atoms with Crippen LogP contribution in [0.3, 0.4) is 0 Å². The SMILES string of the molecule is Cl.O=C(CCC[C@H]1NC[C@@H]2C[C@@H]1CN(Cc1cccnc1)C2)NCc1cc(F)cc(F)c1. The summed E-state index contributed by atoms with van der Waals surface area (Å²) in [5.41, 5.74) is 1.68. The van der Waals surface area contributed by atoms with Crippen molar-refractivity contribution in [2.75, 3.05) is 19.6 Å². The minimum atomic E-state index is -0.629. The molecule has 2 aliphatic heterocycles. The number of rotatable bonds is 8. The molecule has 1 aromatic heterocycles.